The Labute approximate surface area is 327 Å². The van der Waals surface area contributed by atoms with E-state index in [4.69, 9.17) is 5.11 Å². The summed E-state index contributed by atoms with van der Waals surface area (Å²) in [6, 6.07) is 8.71. The second-order valence-corrected chi connectivity index (χ2v) is 13.5. The van der Waals surface area contributed by atoms with Crippen molar-refractivity contribution in [3.63, 3.8) is 0 Å². The van der Waals surface area contributed by atoms with Crippen molar-refractivity contribution in [1.29, 1.82) is 0 Å². The maximum Gasteiger partial charge on any atom is 2.00 e. The van der Waals surface area contributed by atoms with E-state index < -0.39 is 11.9 Å². The van der Waals surface area contributed by atoms with Gasteiger partial charge in [-0.25, -0.2) is 0 Å². The van der Waals surface area contributed by atoms with Gasteiger partial charge in [-0.3, -0.25) is 0 Å². The Hall–Kier alpha value is -0.780. The molecule has 0 aliphatic carbocycles. The summed E-state index contributed by atoms with van der Waals surface area (Å²) in [5.74, 6) is -1.48. The fourth-order valence-electron chi connectivity index (χ4n) is 5.71. The third-order valence-corrected chi connectivity index (χ3v) is 8.73. The van der Waals surface area contributed by atoms with Crippen LogP contribution in [0.5, 0.6) is 5.75 Å². The number of unbranched alkanes of at least 4 members (excludes halogenated alkanes) is 28. The Bertz CT molecular complexity index is 699. The zero-order valence-electron chi connectivity index (χ0n) is 31.8. The SMILES string of the molecule is CCCCCCCCCCCCCCCCCC(=O)[O-].CCCCCCCCCCCCCCCCCC(=O)[O-].Oc1ccccc1.[Ca+2]. The number of hydrogen-bond acceptors (Lipinski definition) is 5. The largest absolute Gasteiger partial charge is 2.00 e. The van der Waals surface area contributed by atoms with Gasteiger partial charge in [0.05, 0.1) is 0 Å². The number of para-hydroxylation sites is 1. The third kappa shape index (κ3) is 52.0. The van der Waals surface area contributed by atoms with Crippen LogP contribution in [0.4, 0.5) is 0 Å². The van der Waals surface area contributed by atoms with E-state index in [9.17, 15) is 19.8 Å². The van der Waals surface area contributed by atoms with Crippen LogP contribution >= 0.6 is 0 Å². The average molecular weight is 701 g/mol. The predicted molar refractivity (Wildman–Crippen MR) is 203 cm³/mol. The van der Waals surface area contributed by atoms with E-state index in [1.54, 1.807) is 24.3 Å². The summed E-state index contributed by atoms with van der Waals surface area (Å²) in [4.78, 5) is 20.4. The number of carboxylic acid groups (broad SMARTS) is 2. The molecule has 0 aliphatic heterocycles. The number of aromatic hydroxyl groups is 1. The summed E-state index contributed by atoms with van der Waals surface area (Å²) in [7, 11) is 0. The van der Waals surface area contributed by atoms with E-state index in [0.29, 0.717) is 5.75 Å². The molecule has 1 aromatic carbocycles. The van der Waals surface area contributed by atoms with E-state index >= 15 is 0 Å². The van der Waals surface area contributed by atoms with Crippen LogP contribution in [0.2, 0.25) is 0 Å². The van der Waals surface area contributed by atoms with Crippen molar-refractivity contribution < 1.29 is 24.9 Å². The van der Waals surface area contributed by atoms with Crippen molar-refractivity contribution in [3.8, 4) is 5.75 Å². The number of carbonyl (C=O) groups excluding carboxylic acids is 2. The smallest absolute Gasteiger partial charge is 0.550 e. The van der Waals surface area contributed by atoms with Crippen LogP contribution in [0.1, 0.15) is 219 Å². The molecule has 0 saturated heterocycles. The number of benzene rings is 1. The van der Waals surface area contributed by atoms with Gasteiger partial charge >= 0.3 is 37.7 Å². The van der Waals surface area contributed by atoms with Gasteiger partial charge in [0, 0.05) is 11.9 Å². The standard InChI is InChI=1S/2C18H36O2.C6H6O.Ca/c2*1-2-3-4-5-6-7-8-9-10-11-12-13-14-15-16-17-18(19)20;7-6-4-2-1-3-5-6;/h2*2-17H2,1H3,(H,19,20);1-5,7H;/q;;;+2/p-2. The summed E-state index contributed by atoms with van der Waals surface area (Å²) in [5.41, 5.74) is 0. The van der Waals surface area contributed by atoms with Crippen LogP contribution in [0.15, 0.2) is 30.3 Å². The predicted octanol–water partition coefficient (Wildman–Crippen LogP) is 11.0. The first kappa shape index (κ1) is 51.6. The second kappa shape index (κ2) is 46.2. The van der Waals surface area contributed by atoms with Gasteiger partial charge < -0.3 is 24.9 Å². The number of carboxylic acids is 2. The van der Waals surface area contributed by atoms with Crippen molar-refractivity contribution in [1.82, 2.24) is 0 Å². The Balaban J connectivity index is -0.000000688. The third-order valence-electron chi connectivity index (χ3n) is 8.73. The van der Waals surface area contributed by atoms with Crippen molar-refractivity contribution in [2.24, 2.45) is 0 Å². The zero-order chi connectivity index (χ0) is 34.9. The number of aliphatic carboxylic acids is 2. The summed E-state index contributed by atoms with van der Waals surface area (Å²) in [6.45, 7) is 4.53. The maximum atomic E-state index is 10.2. The topological polar surface area (TPSA) is 100 Å². The number of rotatable bonds is 32. The molecule has 1 rings (SSSR count). The first-order chi connectivity index (χ1) is 22.9. The molecule has 0 amide bonds. The minimum absolute atomic E-state index is 0. The Morgan fingerprint density at radius 3 is 0.792 bits per heavy atom. The first-order valence-electron chi connectivity index (χ1n) is 20.1. The first-order valence-corrected chi connectivity index (χ1v) is 20.1. The van der Waals surface area contributed by atoms with Crippen LogP contribution in [0, 0.1) is 0 Å². The molecule has 276 valence electrons. The minimum Gasteiger partial charge on any atom is -0.550 e. The quantitative estimate of drug-likeness (QED) is 0.0595. The fourth-order valence-corrected chi connectivity index (χ4v) is 5.71. The van der Waals surface area contributed by atoms with Crippen LogP contribution in [-0.4, -0.2) is 54.8 Å². The van der Waals surface area contributed by atoms with Gasteiger partial charge in [-0.15, -0.1) is 0 Å². The molecule has 5 nitrogen and oxygen atoms in total. The van der Waals surface area contributed by atoms with Gasteiger partial charge in [0.15, 0.2) is 0 Å². The molecule has 0 atom stereocenters. The number of phenols is 1. The summed E-state index contributed by atoms with van der Waals surface area (Å²) >= 11 is 0. The maximum absolute atomic E-state index is 10.2. The van der Waals surface area contributed by atoms with Crippen molar-refractivity contribution in [3.05, 3.63) is 30.3 Å². The molecule has 1 N–H and O–H groups in total. The molecule has 0 radical (unpaired) electrons. The second-order valence-electron chi connectivity index (χ2n) is 13.5. The van der Waals surface area contributed by atoms with Crippen LogP contribution in [-0.2, 0) is 9.59 Å². The van der Waals surface area contributed by atoms with Gasteiger partial charge in [-0.1, -0.05) is 212 Å². The van der Waals surface area contributed by atoms with Gasteiger partial charge in [0.25, 0.3) is 0 Å². The average Bonchev–Trinajstić information content (AvgIpc) is 3.05. The van der Waals surface area contributed by atoms with Crippen LogP contribution < -0.4 is 10.2 Å². The van der Waals surface area contributed by atoms with Gasteiger partial charge in [0.1, 0.15) is 5.75 Å². The normalized spacial score (nSPS) is 10.3. The van der Waals surface area contributed by atoms with E-state index in [-0.39, 0.29) is 50.6 Å². The van der Waals surface area contributed by atoms with Crippen molar-refractivity contribution in [2.45, 2.75) is 219 Å². The van der Waals surface area contributed by atoms with Crippen LogP contribution in [0.3, 0.4) is 0 Å². The molecule has 0 heterocycles. The molecular formula is C42H76CaO5. The Kier molecular flexibility index (Phi) is 49.7. The van der Waals surface area contributed by atoms with E-state index in [1.165, 1.54) is 167 Å². The zero-order valence-corrected chi connectivity index (χ0v) is 34.0. The van der Waals surface area contributed by atoms with E-state index in [2.05, 4.69) is 13.8 Å². The number of phenolic OH excluding ortho intramolecular Hbond substituents is 1. The molecule has 0 fully saturated rings. The molecule has 6 heteroatoms. The number of carbonyl (C=O) groups is 2. The molecule has 1 aromatic rings. The number of hydrogen-bond donors (Lipinski definition) is 1. The van der Waals surface area contributed by atoms with Gasteiger partial charge in [-0.2, -0.15) is 0 Å². The molecule has 0 bridgehead atoms. The van der Waals surface area contributed by atoms with Gasteiger partial charge in [0.2, 0.25) is 0 Å². The van der Waals surface area contributed by atoms with Gasteiger partial charge in [-0.05, 0) is 37.8 Å². The van der Waals surface area contributed by atoms with Crippen molar-refractivity contribution in [2.75, 3.05) is 0 Å². The minimum atomic E-state index is -0.903. The summed E-state index contributed by atoms with van der Waals surface area (Å²) in [5, 5.41) is 29.1. The Morgan fingerprint density at radius 1 is 0.417 bits per heavy atom. The molecule has 0 unspecified atom stereocenters. The van der Waals surface area contributed by atoms with E-state index in [1.807, 2.05) is 6.07 Å². The molecule has 0 aromatic heterocycles. The van der Waals surface area contributed by atoms with Crippen molar-refractivity contribution >= 4 is 49.7 Å². The molecule has 48 heavy (non-hydrogen) atoms. The monoisotopic (exact) mass is 701 g/mol. The molecule has 0 saturated carbocycles. The molecule has 0 aliphatic rings. The summed E-state index contributed by atoms with van der Waals surface area (Å²) < 4.78 is 0. The molecular weight excluding hydrogens is 625 g/mol. The fraction of sp³-hybridized carbons (Fsp3) is 0.810. The molecule has 0 spiro atoms. The summed E-state index contributed by atoms with van der Waals surface area (Å²) in [6.07, 6.45) is 39.7. The Morgan fingerprint density at radius 2 is 0.625 bits per heavy atom. The van der Waals surface area contributed by atoms with E-state index in [0.717, 1.165) is 25.7 Å². The van der Waals surface area contributed by atoms with Crippen LogP contribution in [0.25, 0.3) is 0 Å².